The highest BCUT2D eigenvalue weighted by Crippen LogP contribution is 2.34. The average molecular weight is 238 g/mol. The number of hydrogen-bond acceptors (Lipinski definition) is 4. The van der Waals surface area contributed by atoms with Crippen molar-refractivity contribution in [2.75, 3.05) is 21.3 Å². The topological polar surface area (TPSA) is 47.9 Å². The first-order chi connectivity index (χ1) is 8.12. The zero-order valence-corrected chi connectivity index (χ0v) is 10.6. The number of rotatable bonds is 5. The summed E-state index contributed by atoms with van der Waals surface area (Å²) in [6.45, 7) is 1.68. The van der Waals surface area contributed by atoms with Gasteiger partial charge in [-0.25, -0.2) is 0 Å². The summed E-state index contributed by atoms with van der Waals surface area (Å²) < 4.78 is 15.7. The molecule has 0 aromatic heterocycles. The molecule has 17 heavy (non-hydrogen) atoms. The molecule has 0 spiro atoms. The summed E-state index contributed by atoms with van der Waals surface area (Å²) in [6.07, 6.45) is 2.90. The Bertz CT molecular complexity index is 371. The summed E-state index contributed by atoms with van der Waals surface area (Å²) in [5, 5.41) is 9.25. The third kappa shape index (κ3) is 3.39. The molecule has 0 heterocycles. The molecule has 4 heteroatoms. The van der Waals surface area contributed by atoms with Gasteiger partial charge in [0.25, 0.3) is 0 Å². The minimum absolute atomic E-state index is 0.522. The van der Waals surface area contributed by atoms with Crippen molar-refractivity contribution in [3.05, 3.63) is 23.8 Å². The fraction of sp³-hybridized carbons (Fsp3) is 0.385. The van der Waals surface area contributed by atoms with Crippen LogP contribution in [0, 0.1) is 0 Å². The number of ether oxygens (including phenoxy) is 3. The Balaban J connectivity index is 3.24. The summed E-state index contributed by atoms with van der Waals surface area (Å²) in [6, 6.07) is 3.54. The first kappa shape index (κ1) is 13.4. The second-order valence-corrected chi connectivity index (χ2v) is 3.55. The molecule has 1 aromatic carbocycles. The van der Waals surface area contributed by atoms with Gasteiger partial charge in [-0.15, -0.1) is 0 Å². The largest absolute Gasteiger partial charge is 0.496 e. The monoisotopic (exact) mass is 238 g/mol. The molecule has 0 bridgehead atoms. The van der Waals surface area contributed by atoms with E-state index in [2.05, 4.69) is 0 Å². The molecule has 0 aliphatic heterocycles. The lowest BCUT2D eigenvalue weighted by molar-refractivity contribution is 0.245. The van der Waals surface area contributed by atoms with E-state index in [-0.39, 0.29) is 0 Å². The molecule has 1 N–H and O–H groups in total. The lowest BCUT2D eigenvalue weighted by atomic mass is 10.1. The molecule has 0 amide bonds. The van der Waals surface area contributed by atoms with Gasteiger partial charge in [0.1, 0.15) is 17.2 Å². The number of hydrogen-bond donors (Lipinski definition) is 1. The Labute approximate surface area is 101 Å². The third-order valence-corrected chi connectivity index (χ3v) is 2.29. The van der Waals surface area contributed by atoms with E-state index in [0.29, 0.717) is 17.2 Å². The van der Waals surface area contributed by atoms with Gasteiger partial charge < -0.3 is 19.3 Å². The molecular weight excluding hydrogens is 220 g/mol. The van der Waals surface area contributed by atoms with Crippen molar-refractivity contribution in [1.29, 1.82) is 0 Å². The van der Waals surface area contributed by atoms with Crippen LogP contribution in [0.25, 0.3) is 6.08 Å². The van der Waals surface area contributed by atoms with E-state index in [4.69, 9.17) is 14.2 Å². The van der Waals surface area contributed by atoms with Crippen LogP contribution in [0.5, 0.6) is 17.2 Å². The molecule has 0 fully saturated rings. The summed E-state index contributed by atoms with van der Waals surface area (Å²) in [5.41, 5.74) is 0.775. The van der Waals surface area contributed by atoms with Gasteiger partial charge in [0, 0.05) is 12.1 Å². The van der Waals surface area contributed by atoms with Crippen LogP contribution < -0.4 is 14.2 Å². The maximum absolute atomic E-state index is 9.25. The Kier molecular flexibility index (Phi) is 4.84. The summed E-state index contributed by atoms with van der Waals surface area (Å²) >= 11 is 0. The molecule has 94 valence electrons. The number of aliphatic hydroxyl groups is 1. The second-order valence-electron chi connectivity index (χ2n) is 3.55. The molecule has 0 unspecified atom stereocenters. The number of benzene rings is 1. The molecule has 0 aliphatic rings. The average Bonchev–Trinajstić information content (AvgIpc) is 2.34. The zero-order chi connectivity index (χ0) is 12.8. The van der Waals surface area contributed by atoms with Crippen molar-refractivity contribution >= 4 is 6.08 Å². The van der Waals surface area contributed by atoms with E-state index in [1.807, 2.05) is 0 Å². The van der Waals surface area contributed by atoms with Gasteiger partial charge in [-0.2, -0.15) is 0 Å². The van der Waals surface area contributed by atoms with Gasteiger partial charge >= 0.3 is 0 Å². The fourth-order valence-electron chi connectivity index (χ4n) is 1.43. The lowest BCUT2D eigenvalue weighted by Crippen LogP contribution is -1.96. The van der Waals surface area contributed by atoms with E-state index in [9.17, 15) is 5.11 Å². The molecular formula is C13H18O4. The van der Waals surface area contributed by atoms with Crippen molar-refractivity contribution in [2.24, 2.45) is 0 Å². The van der Waals surface area contributed by atoms with Gasteiger partial charge in [-0.1, -0.05) is 6.08 Å². The van der Waals surface area contributed by atoms with Crippen LogP contribution in [0.1, 0.15) is 12.5 Å². The fourth-order valence-corrected chi connectivity index (χ4v) is 1.43. The Morgan fingerprint density at radius 3 is 1.94 bits per heavy atom. The van der Waals surface area contributed by atoms with E-state index < -0.39 is 6.10 Å². The molecule has 1 rings (SSSR count). The summed E-state index contributed by atoms with van der Waals surface area (Å²) in [7, 11) is 4.74. The third-order valence-electron chi connectivity index (χ3n) is 2.29. The normalized spacial score (nSPS) is 12.5. The van der Waals surface area contributed by atoms with Crippen LogP contribution in [0.15, 0.2) is 18.2 Å². The van der Waals surface area contributed by atoms with Crippen molar-refractivity contribution in [3.8, 4) is 17.2 Å². The maximum Gasteiger partial charge on any atom is 0.133 e. The van der Waals surface area contributed by atoms with Crippen LogP contribution in [0.2, 0.25) is 0 Å². The predicted molar refractivity (Wildman–Crippen MR) is 66.8 cm³/mol. The highest BCUT2D eigenvalue weighted by Gasteiger charge is 2.10. The number of methoxy groups -OCH3 is 3. The Morgan fingerprint density at radius 1 is 1.06 bits per heavy atom. The highest BCUT2D eigenvalue weighted by molar-refractivity contribution is 5.66. The van der Waals surface area contributed by atoms with Gasteiger partial charge in [-0.3, -0.25) is 0 Å². The van der Waals surface area contributed by atoms with Crippen LogP contribution in [-0.4, -0.2) is 32.5 Å². The maximum atomic E-state index is 9.25. The van der Waals surface area contributed by atoms with Crippen molar-refractivity contribution in [1.82, 2.24) is 0 Å². The van der Waals surface area contributed by atoms with Crippen LogP contribution in [-0.2, 0) is 0 Å². The van der Waals surface area contributed by atoms with E-state index in [1.54, 1.807) is 52.5 Å². The lowest BCUT2D eigenvalue weighted by Gasteiger charge is -2.12. The first-order valence-electron chi connectivity index (χ1n) is 5.28. The minimum atomic E-state index is -0.522. The Morgan fingerprint density at radius 2 is 1.59 bits per heavy atom. The SMILES string of the molecule is COc1cc(OC)c(/C=C/[C@H](C)O)c(OC)c1. The summed E-state index contributed by atoms with van der Waals surface area (Å²) in [4.78, 5) is 0. The molecule has 1 aromatic rings. The van der Waals surface area contributed by atoms with E-state index >= 15 is 0 Å². The quantitative estimate of drug-likeness (QED) is 0.853. The zero-order valence-electron chi connectivity index (χ0n) is 10.6. The predicted octanol–water partition coefficient (Wildman–Crippen LogP) is 2.11. The van der Waals surface area contributed by atoms with Crippen molar-refractivity contribution in [2.45, 2.75) is 13.0 Å². The minimum Gasteiger partial charge on any atom is -0.496 e. The molecule has 0 saturated heterocycles. The van der Waals surface area contributed by atoms with E-state index in [1.165, 1.54) is 0 Å². The second kappa shape index (κ2) is 6.15. The van der Waals surface area contributed by atoms with Crippen LogP contribution in [0.3, 0.4) is 0 Å². The molecule has 4 nitrogen and oxygen atoms in total. The van der Waals surface area contributed by atoms with Crippen LogP contribution in [0.4, 0.5) is 0 Å². The smallest absolute Gasteiger partial charge is 0.133 e. The highest BCUT2D eigenvalue weighted by atomic mass is 16.5. The van der Waals surface area contributed by atoms with Gasteiger partial charge in [0.05, 0.1) is 33.0 Å². The molecule has 0 aliphatic carbocycles. The van der Waals surface area contributed by atoms with Gasteiger partial charge in [0.2, 0.25) is 0 Å². The van der Waals surface area contributed by atoms with Crippen molar-refractivity contribution < 1.29 is 19.3 Å². The van der Waals surface area contributed by atoms with Gasteiger partial charge in [-0.05, 0) is 13.0 Å². The standard InChI is InChI=1S/C13H18O4/c1-9(14)5-6-11-12(16-3)7-10(15-2)8-13(11)17-4/h5-9,14H,1-4H3/b6-5+/t9-/m0/s1. The molecule has 1 atom stereocenters. The summed E-state index contributed by atoms with van der Waals surface area (Å²) in [5.74, 6) is 1.93. The van der Waals surface area contributed by atoms with Gasteiger partial charge in [0.15, 0.2) is 0 Å². The number of aliphatic hydroxyl groups excluding tert-OH is 1. The first-order valence-corrected chi connectivity index (χ1v) is 5.28. The van der Waals surface area contributed by atoms with Crippen LogP contribution >= 0.6 is 0 Å². The Hall–Kier alpha value is -1.68. The van der Waals surface area contributed by atoms with E-state index in [0.717, 1.165) is 5.56 Å². The molecule has 0 saturated carbocycles. The molecule has 0 radical (unpaired) electrons. The van der Waals surface area contributed by atoms with Crippen molar-refractivity contribution in [3.63, 3.8) is 0 Å².